The number of carbonyl (C=O) groups is 1. The van der Waals surface area contributed by atoms with Crippen molar-refractivity contribution in [2.24, 2.45) is 0 Å². The lowest BCUT2D eigenvalue weighted by Crippen LogP contribution is -2.28. The monoisotopic (exact) mass is 393 g/mol. The van der Waals surface area contributed by atoms with E-state index in [9.17, 15) is 14.0 Å². The molecule has 0 spiro atoms. The topological polar surface area (TPSA) is 108 Å². The standard InChI is InChI=1S/C19H16FN7O2/c20-14-3-1-13(2-4-14)11-26-12-24-17-15(19(26)29)9-25-27(17)8-7-23-18(28)16-10-21-5-6-22-16/h1-6,9-10,12H,7-8,11H2,(H,23,28). The van der Waals surface area contributed by atoms with Crippen LogP contribution in [0.1, 0.15) is 16.1 Å². The number of aromatic nitrogens is 6. The molecular weight excluding hydrogens is 377 g/mol. The van der Waals surface area contributed by atoms with Gasteiger partial charge in [0.05, 0.1) is 25.5 Å². The molecule has 3 aromatic heterocycles. The first-order valence-electron chi connectivity index (χ1n) is 8.81. The fraction of sp³-hybridized carbons (Fsp3) is 0.158. The van der Waals surface area contributed by atoms with Crippen molar-refractivity contribution in [1.29, 1.82) is 0 Å². The van der Waals surface area contributed by atoms with Crippen LogP contribution in [0.25, 0.3) is 11.0 Å². The molecule has 0 aliphatic heterocycles. The summed E-state index contributed by atoms with van der Waals surface area (Å²) in [6, 6.07) is 5.93. The Morgan fingerprint density at radius 2 is 1.93 bits per heavy atom. The van der Waals surface area contributed by atoms with E-state index in [0.29, 0.717) is 17.6 Å². The third-order valence-electron chi connectivity index (χ3n) is 4.29. The maximum atomic E-state index is 13.0. The van der Waals surface area contributed by atoms with Gasteiger partial charge < -0.3 is 5.32 Å². The first-order chi connectivity index (χ1) is 14.1. The number of benzene rings is 1. The predicted octanol–water partition coefficient (Wildman–Crippen LogP) is 1.00. The van der Waals surface area contributed by atoms with Gasteiger partial charge in [0.1, 0.15) is 23.2 Å². The zero-order valence-electron chi connectivity index (χ0n) is 15.2. The van der Waals surface area contributed by atoms with Crippen LogP contribution >= 0.6 is 0 Å². The van der Waals surface area contributed by atoms with Gasteiger partial charge in [0.25, 0.3) is 11.5 Å². The molecule has 29 heavy (non-hydrogen) atoms. The molecule has 9 nitrogen and oxygen atoms in total. The van der Waals surface area contributed by atoms with E-state index in [1.54, 1.807) is 16.8 Å². The summed E-state index contributed by atoms with van der Waals surface area (Å²) in [7, 11) is 0. The Hall–Kier alpha value is -3.95. The largest absolute Gasteiger partial charge is 0.349 e. The summed E-state index contributed by atoms with van der Waals surface area (Å²) in [6.07, 6.45) is 7.20. The van der Waals surface area contributed by atoms with Crippen LogP contribution in [0, 0.1) is 5.82 Å². The van der Waals surface area contributed by atoms with Gasteiger partial charge in [-0.3, -0.25) is 19.1 Å². The highest BCUT2D eigenvalue weighted by Gasteiger charge is 2.11. The summed E-state index contributed by atoms with van der Waals surface area (Å²) in [5.74, 6) is -0.675. The molecule has 1 amide bonds. The number of fused-ring (bicyclic) bond motifs is 1. The van der Waals surface area contributed by atoms with E-state index in [1.165, 1.54) is 47.8 Å². The van der Waals surface area contributed by atoms with Crippen molar-refractivity contribution in [3.8, 4) is 0 Å². The molecule has 0 saturated heterocycles. The maximum absolute atomic E-state index is 13.0. The Bertz CT molecular complexity index is 1200. The summed E-state index contributed by atoms with van der Waals surface area (Å²) in [5.41, 5.74) is 1.20. The molecule has 3 heterocycles. The molecular formula is C19H16FN7O2. The molecule has 146 valence electrons. The summed E-state index contributed by atoms with van der Waals surface area (Å²) in [4.78, 5) is 36.8. The van der Waals surface area contributed by atoms with Gasteiger partial charge in [0.2, 0.25) is 0 Å². The molecule has 4 aromatic rings. The third-order valence-corrected chi connectivity index (χ3v) is 4.29. The van der Waals surface area contributed by atoms with E-state index in [4.69, 9.17) is 0 Å². The highest BCUT2D eigenvalue weighted by atomic mass is 19.1. The number of rotatable bonds is 6. The average molecular weight is 393 g/mol. The van der Waals surface area contributed by atoms with Crippen LogP contribution < -0.4 is 10.9 Å². The number of amides is 1. The fourth-order valence-corrected chi connectivity index (χ4v) is 2.84. The lowest BCUT2D eigenvalue weighted by Gasteiger charge is -2.07. The molecule has 0 saturated carbocycles. The van der Waals surface area contributed by atoms with Crippen LogP contribution in [-0.2, 0) is 13.1 Å². The zero-order valence-corrected chi connectivity index (χ0v) is 15.2. The van der Waals surface area contributed by atoms with Crippen molar-refractivity contribution in [1.82, 2.24) is 34.6 Å². The molecule has 0 fully saturated rings. The second kappa shape index (κ2) is 7.97. The van der Waals surface area contributed by atoms with Gasteiger partial charge in [-0.2, -0.15) is 5.10 Å². The predicted molar refractivity (Wildman–Crippen MR) is 102 cm³/mol. The van der Waals surface area contributed by atoms with E-state index in [2.05, 4.69) is 25.4 Å². The van der Waals surface area contributed by atoms with Crippen molar-refractivity contribution in [2.45, 2.75) is 13.1 Å². The van der Waals surface area contributed by atoms with Gasteiger partial charge >= 0.3 is 0 Å². The van der Waals surface area contributed by atoms with E-state index in [1.807, 2.05) is 0 Å². The minimum atomic E-state index is -0.343. The molecule has 0 unspecified atom stereocenters. The van der Waals surface area contributed by atoms with Crippen molar-refractivity contribution >= 4 is 16.9 Å². The Balaban J connectivity index is 1.46. The quantitative estimate of drug-likeness (QED) is 0.524. The molecule has 0 aliphatic rings. The molecule has 0 bridgehead atoms. The fourth-order valence-electron chi connectivity index (χ4n) is 2.84. The summed E-state index contributed by atoms with van der Waals surface area (Å²) < 4.78 is 16.0. The van der Waals surface area contributed by atoms with Gasteiger partial charge in [-0.25, -0.2) is 19.0 Å². The molecule has 1 aromatic carbocycles. The Morgan fingerprint density at radius 1 is 1.10 bits per heavy atom. The van der Waals surface area contributed by atoms with Crippen molar-refractivity contribution in [2.75, 3.05) is 6.54 Å². The maximum Gasteiger partial charge on any atom is 0.271 e. The molecule has 4 rings (SSSR count). The molecule has 10 heteroatoms. The number of hydrogen-bond acceptors (Lipinski definition) is 6. The molecule has 1 N–H and O–H groups in total. The van der Waals surface area contributed by atoms with Gasteiger partial charge in [-0.15, -0.1) is 0 Å². The summed E-state index contributed by atoms with van der Waals surface area (Å²) in [6.45, 7) is 0.901. The second-order valence-corrected chi connectivity index (χ2v) is 6.26. The van der Waals surface area contributed by atoms with Gasteiger partial charge in [-0.05, 0) is 17.7 Å². The number of carbonyl (C=O) groups excluding carboxylic acids is 1. The van der Waals surface area contributed by atoms with Crippen molar-refractivity contribution in [3.05, 3.63) is 82.8 Å². The van der Waals surface area contributed by atoms with Crippen molar-refractivity contribution in [3.63, 3.8) is 0 Å². The average Bonchev–Trinajstić information content (AvgIpc) is 3.16. The molecule has 0 radical (unpaired) electrons. The Labute approximate surface area is 163 Å². The third kappa shape index (κ3) is 4.00. The van der Waals surface area contributed by atoms with Crippen LogP contribution in [0.2, 0.25) is 0 Å². The van der Waals surface area contributed by atoms with Crippen LogP contribution in [0.15, 0.2) is 60.2 Å². The normalized spacial score (nSPS) is 10.9. The highest BCUT2D eigenvalue weighted by Crippen LogP contribution is 2.08. The van der Waals surface area contributed by atoms with Crippen LogP contribution in [-0.4, -0.2) is 41.8 Å². The molecule has 0 atom stereocenters. The minimum absolute atomic E-state index is 0.222. The first-order valence-corrected chi connectivity index (χ1v) is 8.81. The Kier molecular flexibility index (Phi) is 5.06. The number of nitrogens with zero attached hydrogens (tertiary/aromatic N) is 6. The SMILES string of the molecule is O=C(NCCn1ncc2c(=O)n(Cc3ccc(F)cc3)cnc21)c1cnccn1. The van der Waals surface area contributed by atoms with Crippen LogP contribution in [0.4, 0.5) is 4.39 Å². The number of halogens is 1. The lowest BCUT2D eigenvalue weighted by molar-refractivity contribution is 0.0946. The van der Waals surface area contributed by atoms with Gasteiger partial charge in [0, 0.05) is 18.9 Å². The number of hydrogen-bond donors (Lipinski definition) is 1. The lowest BCUT2D eigenvalue weighted by atomic mass is 10.2. The molecule has 0 aliphatic carbocycles. The van der Waals surface area contributed by atoms with Crippen molar-refractivity contribution < 1.29 is 9.18 Å². The van der Waals surface area contributed by atoms with Gasteiger partial charge in [0.15, 0.2) is 5.65 Å². The second-order valence-electron chi connectivity index (χ2n) is 6.26. The van der Waals surface area contributed by atoms with E-state index in [-0.39, 0.29) is 36.1 Å². The van der Waals surface area contributed by atoms with Gasteiger partial charge in [-0.1, -0.05) is 12.1 Å². The Morgan fingerprint density at radius 3 is 2.69 bits per heavy atom. The van der Waals surface area contributed by atoms with E-state index < -0.39 is 0 Å². The summed E-state index contributed by atoms with van der Waals surface area (Å²) in [5, 5.41) is 7.29. The number of nitrogens with one attached hydrogen (secondary N) is 1. The smallest absolute Gasteiger partial charge is 0.271 e. The summed E-state index contributed by atoms with van der Waals surface area (Å²) >= 11 is 0. The van der Waals surface area contributed by atoms with E-state index >= 15 is 0 Å². The van der Waals surface area contributed by atoms with Crippen LogP contribution in [0.3, 0.4) is 0 Å². The minimum Gasteiger partial charge on any atom is -0.349 e. The highest BCUT2D eigenvalue weighted by molar-refractivity contribution is 5.91. The van der Waals surface area contributed by atoms with E-state index in [0.717, 1.165) is 5.56 Å². The first kappa shape index (κ1) is 18.4. The zero-order chi connectivity index (χ0) is 20.2. The van der Waals surface area contributed by atoms with Crippen LogP contribution in [0.5, 0.6) is 0 Å².